The molecule has 1 atom stereocenters. The number of halogens is 1. The topological polar surface area (TPSA) is 67.9 Å². The van der Waals surface area contributed by atoms with E-state index in [1.54, 1.807) is 38.3 Å². The first-order valence-electron chi connectivity index (χ1n) is 8.88. The van der Waals surface area contributed by atoms with Gasteiger partial charge in [-0.3, -0.25) is 0 Å². The largest absolute Gasteiger partial charge is 0.491 e. The third-order valence-electron chi connectivity index (χ3n) is 4.33. The van der Waals surface area contributed by atoms with E-state index in [1.165, 1.54) is 18.2 Å². The Morgan fingerprint density at radius 2 is 1.89 bits per heavy atom. The van der Waals surface area contributed by atoms with Gasteiger partial charge in [-0.25, -0.2) is 17.5 Å². The van der Waals surface area contributed by atoms with Gasteiger partial charge in [0.1, 0.15) is 18.2 Å². The Balaban J connectivity index is 2.12. The Kier molecular flexibility index (Phi) is 7.94. The fraction of sp³-hybridized carbons (Fsp3) is 0.400. The highest BCUT2D eigenvalue weighted by Gasteiger charge is 2.20. The molecular formula is C20H27FN2O4S. The second-order valence-electron chi connectivity index (χ2n) is 6.65. The second kappa shape index (κ2) is 9.97. The van der Waals surface area contributed by atoms with Crippen LogP contribution in [0.4, 0.5) is 4.39 Å². The SMILES string of the molecule is COCCOc1ccc(S(=O)(=O)NCC(c2cccc(F)c2)N(C)C)cc1C. The summed E-state index contributed by atoms with van der Waals surface area (Å²) in [4.78, 5) is 2.00. The number of hydrogen-bond donors (Lipinski definition) is 1. The lowest BCUT2D eigenvalue weighted by Gasteiger charge is -2.25. The van der Waals surface area contributed by atoms with Gasteiger partial charge in [-0.05, 0) is 62.5 Å². The zero-order valence-electron chi connectivity index (χ0n) is 16.6. The average molecular weight is 411 g/mol. The van der Waals surface area contributed by atoms with E-state index in [1.807, 2.05) is 19.0 Å². The fourth-order valence-corrected chi connectivity index (χ4v) is 3.89. The van der Waals surface area contributed by atoms with Crippen LogP contribution in [0, 0.1) is 12.7 Å². The minimum Gasteiger partial charge on any atom is -0.491 e. The van der Waals surface area contributed by atoms with Crippen LogP contribution in [0.3, 0.4) is 0 Å². The van der Waals surface area contributed by atoms with E-state index in [0.29, 0.717) is 30.1 Å². The minimum absolute atomic E-state index is 0.115. The Labute approximate surface area is 166 Å². The van der Waals surface area contributed by atoms with E-state index in [0.717, 1.165) is 0 Å². The standard InChI is InChI=1S/C20H27FN2O4S/c1-15-12-18(8-9-20(15)27-11-10-26-4)28(24,25)22-14-19(23(2)3)16-6-5-7-17(21)13-16/h5-9,12-13,19,22H,10-11,14H2,1-4H3. The number of sulfonamides is 1. The molecule has 0 aromatic heterocycles. The third-order valence-corrected chi connectivity index (χ3v) is 5.75. The molecule has 0 spiro atoms. The Hall–Kier alpha value is -2.00. The van der Waals surface area contributed by atoms with Crippen molar-refractivity contribution in [2.75, 3.05) is 41.0 Å². The van der Waals surface area contributed by atoms with Gasteiger partial charge in [-0.2, -0.15) is 0 Å². The van der Waals surface area contributed by atoms with Crippen molar-refractivity contribution >= 4 is 10.0 Å². The van der Waals surface area contributed by atoms with E-state index in [9.17, 15) is 12.8 Å². The van der Waals surface area contributed by atoms with E-state index in [-0.39, 0.29) is 23.3 Å². The second-order valence-corrected chi connectivity index (χ2v) is 8.42. The average Bonchev–Trinajstić information content (AvgIpc) is 2.63. The molecule has 0 aliphatic heterocycles. The van der Waals surface area contributed by atoms with Crippen LogP contribution in [0.1, 0.15) is 17.2 Å². The molecule has 0 aliphatic rings. The van der Waals surface area contributed by atoms with E-state index < -0.39 is 10.0 Å². The van der Waals surface area contributed by atoms with Gasteiger partial charge in [0.15, 0.2) is 0 Å². The van der Waals surface area contributed by atoms with Crippen LogP contribution >= 0.6 is 0 Å². The minimum atomic E-state index is -3.72. The van der Waals surface area contributed by atoms with E-state index in [2.05, 4.69) is 4.72 Å². The molecule has 0 saturated heterocycles. The molecule has 154 valence electrons. The highest BCUT2D eigenvalue weighted by Crippen LogP contribution is 2.23. The molecule has 2 aromatic carbocycles. The van der Waals surface area contributed by atoms with Crippen molar-refractivity contribution in [3.8, 4) is 5.75 Å². The summed E-state index contributed by atoms with van der Waals surface area (Å²) < 4.78 is 52.1. The number of nitrogens with one attached hydrogen (secondary N) is 1. The van der Waals surface area contributed by atoms with Crippen LogP contribution in [-0.2, 0) is 14.8 Å². The maximum absolute atomic E-state index is 13.5. The van der Waals surface area contributed by atoms with Gasteiger partial charge in [0.2, 0.25) is 10.0 Å². The van der Waals surface area contributed by atoms with Crippen molar-refractivity contribution in [2.45, 2.75) is 17.9 Å². The molecule has 8 heteroatoms. The van der Waals surface area contributed by atoms with Crippen LogP contribution in [0.5, 0.6) is 5.75 Å². The summed E-state index contributed by atoms with van der Waals surface area (Å²) in [6.45, 7) is 2.74. The van der Waals surface area contributed by atoms with Gasteiger partial charge in [-0.15, -0.1) is 0 Å². The molecule has 1 N–H and O–H groups in total. The van der Waals surface area contributed by atoms with Crippen LogP contribution in [-0.4, -0.2) is 54.3 Å². The number of benzene rings is 2. The van der Waals surface area contributed by atoms with Crippen molar-refractivity contribution in [1.29, 1.82) is 0 Å². The van der Waals surface area contributed by atoms with Crippen molar-refractivity contribution in [2.24, 2.45) is 0 Å². The molecule has 0 amide bonds. The van der Waals surface area contributed by atoms with Gasteiger partial charge in [0.05, 0.1) is 11.5 Å². The summed E-state index contributed by atoms with van der Waals surface area (Å²) in [7, 11) is 1.50. The van der Waals surface area contributed by atoms with E-state index >= 15 is 0 Å². The van der Waals surface area contributed by atoms with Crippen LogP contribution < -0.4 is 9.46 Å². The summed E-state index contributed by atoms with van der Waals surface area (Å²) in [6, 6.07) is 10.6. The highest BCUT2D eigenvalue weighted by atomic mass is 32.2. The Bertz CT molecular complexity index is 888. The molecular weight excluding hydrogens is 383 g/mol. The number of aryl methyl sites for hydroxylation is 1. The fourth-order valence-electron chi connectivity index (χ4n) is 2.77. The predicted octanol–water partition coefficient (Wildman–Crippen LogP) is 2.74. The lowest BCUT2D eigenvalue weighted by Crippen LogP contribution is -2.34. The van der Waals surface area contributed by atoms with Gasteiger partial charge in [0.25, 0.3) is 0 Å². The predicted molar refractivity (Wildman–Crippen MR) is 107 cm³/mol. The lowest BCUT2D eigenvalue weighted by molar-refractivity contribution is 0.146. The third kappa shape index (κ3) is 6.00. The molecule has 1 unspecified atom stereocenters. The normalized spacial score (nSPS) is 12.9. The molecule has 0 bridgehead atoms. The van der Waals surface area contributed by atoms with Gasteiger partial charge < -0.3 is 14.4 Å². The van der Waals surface area contributed by atoms with Crippen molar-refractivity contribution in [3.63, 3.8) is 0 Å². The van der Waals surface area contributed by atoms with Crippen molar-refractivity contribution < 1.29 is 22.3 Å². The Morgan fingerprint density at radius 1 is 1.14 bits per heavy atom. The molecule has 2 aromatic rings. The number of ether oxygens (including phenoxy) is 2. The van der Waals surface area contributed by atoms with Gasteiger partial charge >= 0.3 is 0 Å². The number of hydrogen-bond acceptors (Lipinski definition) is 5. The molecule has 0 heterocycles. The first kappa shape index (κ1) is 22.3. The zero-order chi connectivity index (χ0) is 20.7. The van der Waals surface area contributed by atoms with Gasteiger partial charge in [0, 0.05) is 19.7 Å². The summed E-state index contributed by atoms with van der Waals surface area (Å²) in [5, 5.41) is 0. The molecule has 6 nitrogen and oxygen atoms in total. The van der Waals surface area contributed by atoms with Crippen LogP contribution in [0.2, 0.25) is 0 Å². The number of rotatable bonds is 10. The molecule has 28 heavy (non-hydrogen) atoms. The maximum Gasteiger partial charge on any atom is 0.240 e. The van der Waals surface area contributed by atoms with Crippen molar-refractivity contribution in [3.05, 3.63) is 59.4 Å². The summed E-state index contributed by atoms with van der Waals surface area (Å²) in [6.07, 6.45) is 0. The van der Waals surface area contributed by atoms with Crippen molar-refractivity contribution in [1.82, 2.24) is 9.62 Å². The molecule has 0 saturated carbocycles. The molecule has 0 aliphatic carbocycles. The number of likely N-dealkylation sites (N-methyl/N-ethyl adjacent to an activating group) is 1. The summed E-state index contributed by atoms with van der Waals surface area (Å²) >= 11 is 0. The zero-order valence-corrected chi connectivity index (χ0v) is 17.4. The smallest absolute Gasteiger partial charge is 0.240 e. The van der Waals surface area contributed by atoms with Crippen LogP contribution in [0.15, 0.2) is 47.4 Å². The number of nitrogens with zero attached hydrogens (tertiary/aromatic N) is 1. The maximum atomic E-state index is 13.5. The number of methoxy groups -OCH3 is 1. The Morgan fingerprint density at radius 3 is 2.50 bits per heavy atom. The molecule has 0 fully saturated rings. The molecule has 0 radical (unpaired) electrons. The first-order chi connectivity index (χ1) is 13.2. The molecule has 2 rings (SSSR count). The van der Waals surface area contributed by atoms with Gasteiger partial charge in [-0.1, -0.05) is 12.1 Å². The van der Waals surface area contributed by atoms with E-state index in [4.69, 9.17) is 9.47 Å². The quantitative estimate of drug-likeness (QED) is 0.610. The highest BCUT2D eigenvalue weighted by molar-refractivity contribution is 7.89. The van der Waals surface area contributed by atoms with Crippen LogP contribution in [0.25, 0.3) is 0 Å². The summed E-state index contributed by atoms with van der Waals surface area (Å²) in [5.41, 5.74) is 1.42. The summed E-state index contributed by atoms with van der Waals surface area (Å²) in [5.74, 6) is 0.258. The monoisotopic (exact) mass is 410 g/mol. The lowest BCUT2D eigenvalue weighted by atomic mass is 10.1. The first-order valence-corrected chi connectivity index (χ1v) is 10.4.